The van der Waals surface area contributed by atoms with E-state index in [-0.39, 0.29) is 17.6 Å². The van der Waals surface area contributed by atoms with Gasteiger partial charge in [-0.3, -0.25) is 0 Å². The first-order valence-electron chi connectivity index (χ1n) is 6.34. The summed E-state index contributed by atoms with van der Waals surface area (Å²) in [5.74, 6) is 0. The summed E-state index contributed by atoms with van der Waals surface area (Å²) in [6.07, 6.45) is 9.66. The zero-order valence-electron chi connectivity index (χ0n) is 10.0. The molecule has 0 aromatic rings. The Labute approximate surface area is 93.8 Å². The highest BCUT2D eigenvalue weighted by atomic mass is 14.9. The van der Waals surface area contributed by atoms with Crippen LogP contribution in [0.5, 0.6) is 0 Å². The van der Waals surface area contributed by atoms with Gasteiger partial charge < -0.3 is 17.2 Å². The minimum atomic E-state index is -0.288. The molecule has 3 atom stereocenters. The smallest absolute Gasteiger partial charge is 0.0372 e. The van der Waals surface area contributed by atoms with Gasteiger partial charge in [0, 0.05) is 17.6 Å². The van der Waals surface area contributed by atoms with Crippen molar-refractivity contribution in [1.29, 1.82) is 0 Å². The Bertz CT molecular complexity index is 180. The Hall–Kier alpha value is -0.120. The second-order valence-electron chi connectivity index (χ2n) is 5.36. The lowest BCUT2D eigenvalue weighted by atomic mass is 9.83. The molecule has 15 heavy (non-hydrogen) atoms. The standard InChI is InChI=1S/C12H27N3/c1-12(15)9-7-5-3-2-4-6-8-10(13)11(12)14/h10-11H,2-9,13-15H2,1H3. The Morgan fingerprint density at radius 3 is 2.13 bits per heavy atom. The van der Waals surface area contributed by atoms with Gasteiger partial charge in [-0.25, -0.2) is 0 Å². The predicted octanol–water partition coefficient (Wildman–Crippen LogP) is 1.49. The first-order chi connectivity index (χ1) is 7.04. The van der Waals surface area contributed by atoms with E-state index in [1.807, 2.05) is 0 Å². The largest absolute Gasteiger partial charge is 0.326 e. The van der Waals surface area contributed by atoms with Crippen LogP contribution in [0.1, 0.15) is 58.3 Å². The predicted molar refractivity (Wildman–Crippen MR) is 65.5 cm³/mol. The van der Waals surface area contributed by atoms with Crippen molar-refractivity contribution in [2.45, 2.75) is 75.9 Å². The molecule has 0 heterocycles. The summed E-state index contributed by atoms with van der Waals surface area (Å²) in [5.41, 5.74) is 18.2. The SMILES string of the molecule is CC1(N)CCCCCCCCC(N)C1N. The molecule has 90 valence electrons. The molecule has 3 unspecified atom stereocenters. The zero-order valence-corrected chi connectivity index (χ0v) is 10.0. The van der Waals surface area contributed by atoms with Crippen molar-refractivity contribution in [3.8, 4) is 0 Å². The van der Waals surface area contributed by atoms with Crippen LogP contribution in [0.3, 0.4) is 0 Å². The fraction of sp³-hybridized carbons (Fsp3) is 1.00. The summed E-state index contributed by atoms with van der Waals surface area (Å²) in [6.45, 7) is 2.05. The minimum absolute atomic E-state index is 0.0596. The molecule has 0 aromatic carbocycles. The van der Waals surface area contributed by atoms with Crippen LogP contribution in [0, 0.1) is 0 Å². The van der Waals surface area contributed by atoms with Gasteiger partial charge >= 0.3 is 0 Å². The molecule has 6 N–H and O–H groups in total. The maximum absolute atomic E-state index is 6.25. The molecule has 0 radical (unpaired) electrons. The van der Waals surface area contributed by atoms with Gasteiger partial charge in [-0.05, 0) is 19.8 Å². The lowest BCUT2D eigenvalue weighted by Gasteiger charge is -2.35. The van der Waals surface area contributed by atoms with E-state index < -0.39 is 0 Å². The van der Waals surface area contributed by atoms with Crippen LogP contribution in [0.15, 0.2) is 0 Å². The van der Waals surface area contributed by atoms with Crippen molar-refractivity contribution in [3.05, 3.63) is 0 Å². The molecule has 3 heteroatoms. The summed E-state index contributed by atoms with van der Waals surface area (Å²) in [4.78, 5) is 0. The van der Waals surface area contributed by atoms with Crippen LogP contribution < -0.4 is 17.2 Å². The molecule has 0 aliphatic heterocycles. The van der Waals surface area contributed by atoms with Crippen LogP contribution >= 0.6 is 0 Å². The first kappa shape index (κ1) is 12.9. The normalized spacial score (nSPS) is 40.8. The van der Waals surface area contributed by atoms with E-state index in [0.717, 1.165) is 12.8 Å². The topological polar surface area (TPSA) is 78.1 Å². The molecule has 1 saturated carbocycles. The van der Waals surface area contributed by atoms with Gasteiger partial charge in [0.1, 0.15) is 0 Å². The van der Waals surface area contributed by atoms with Crippen molar-refractivity contribution in [3.63, 3.8) is 0 Å². The second-order valence-corrected chi connectivity index (χ2v) is 5.36. The lowest BCUT2D eigenvalue weighted by molar-refractivity contribution is 0.295. The van der Waals surface area contributed by atoms with E-state index in [1.54, 1.807) is 0 Å². The van der Waals surface area contributed by atoms with Gasteiger partial charge in [0.2, 0.25) is 0 Å². The maximum atomic E-state index is 6.25. The van der Waals surface area contributed by atoms with Crippen molar-refractivity contribution in [1.82, 2.24) is 0 Å². The molecule has 1 aliphatic rings. The first-order valence-corrected chi connectivity index (χ1v) is 6.34. The van der Waals surface area contributed by atoms with Crippen LogP contribution in [0.2, 0.25) is 0 Å². The fourth-order valence-corrected chi connectivity index (χ4v) is 2.43. The molecule has 1 rings (SSSR count). The zero-order chi connectivity index (χ0) is 11.3. The second kappa shape index (κ2) is 5.83. The van der Waals surface area contributed by atoms with Crippen LogP contribution in [0.25, 0.3) is 0 Å². The summed E-state index contributed by atoms with van der Waals surface area (Å²) < 4.78 is 0. The number of hydrogen-bond acceptors (Lipinski definition) is 3. The maximum Gasteiger partial charge on any atom is 0.0372 e. The Morgan fingerprint density at radius 1 is 0.933 bits per heavy atom. The monoisotopic (exact) mass is 213 g/mol. The van der Waals surface area contributed by atoms with E-state index in [0.29, 0.717) is 0 Å². The van der Waals surface area contributed by atoms with Gasteiger partial charge in [0.05, 0.1) is 0 Å². The third-order valence-electron chi connectivity index (χ3n) is 3.73. The average molecular weight is 213 g/mol. The van der Waals surface area contributed by atoms with Gasteiger partial charge in [0.15, 0.2) is 0 Å². The van der Waals surface area contributed by atoms with Crippen LogP contribution in [-0.4, -0.2) is 17.6 Å². The van der Waals surface area contributed by atoms with E-state index in [4.69, 9.17) is 17.2 Å². The van der Waals surface area contributed by atoms with Crippen LogP contribution in [-0.2, 0) is 0 Å². The Balaban J connectivity index is 2.56. The van der Waals surface area contributed by atoms with Gasteiger partial charge in [-0.15, -0.1) is 0 Å². The molecular weight excluding hydrogens is 186 g/mol. The quantitative estimate of drug-likeness (QED) is 0.570. The lowest BCUT2D eigenvalue weighted by Crippen LogP contribution is -2.60. The number of nitrogens with two attached hydrogens (primary N) is 3. The summed E-state index contributed by atoms with van der Waals surface area (Å²) in [7, 11) is 0. The molecule has 1 fully saturated rings. The van der Waals surface area contributed by atoms with Gasteiger partial charge in [0.25, 0.3) is 0 Å². The third kappa shape index (κ3) is 4.09. The van der Waals surface area contributed by atoms with Crippen LogP contribution in [0.4, 0.5) is 0 Å². The number of rotatable bonds is 0. The Kier molecular flexibility index (Phi) is 5.03. The molecule has 0 spiro atoms. The molecule has 0 aromatic heterocycles. The molecule has 0 saturated heterocycles. The highest BCUT2D eigenvalue weighted by Gasteiger charge is 2.30. The highest BCUT2D eigenvalue weighted by Crippen LogP contribution is 2.21. The fourth-order valence-electron chi connectivity index (χ4n) is 2.43. The molecule has 3 nitrogen and oxygen atoms in total. The van der Waals surface area contributed by atoms with Gasteiger partial charge in [-0.1, -0.05) is 38.5 Å². The van der Waals surface area contributed by atoms with Crippen molar-refractivity contribution in [2.24, 2.45) is 17.2 Å². The van der Waals surface area contributed by atoms with E-state index in [9.17, 15) is 0 Å². The van der Waals surface area contributed by atoms with Gasteiger partial charge in [-0.2, -0.15) is 0 Å². The van der Waals surface area contributed by atoms with E-state index >= 15 is 0 Å². The average Bonchev–Trinajstić information content (AvgIpc) is 2.21. The summed E-state index contributed by atoms with van der Waals surface area (Å²) in [6, 6.07) is 0.00806. The van der Waals surface area contributed by atoms with Crippen molar-refractivity contribution >= 4 is 0 Å². The van der Waals surface area contributed by atoms with Crippen molar-refractivity contribution < 1.29 is 0 Å². The summed E-state index contributed by atoms with van der Waals surface area (Å²) >= 11 is 0. The highest BCUT2D eigenvalue weighted by molar-refractivity contribution is 4.96. The molecular formula is C12H27N3. The molecule has 0 amide bonds. The van der Waals surface area contributed by atoms with E-state index in [1.165, 1.54) is 38.5 Å². The molecule has 1 aliphatic carbocycles. The Morgan fingerprint density at radius 2 is 1.47 bits per heavy atom. The third-order valence-corrected chi connectivity index (χ3v) is 3.73. The molecule has 0 bridgehead atoms. The van der Waals surface area contributed by atoms with Crippen molar-refractivity contribution in [2.75, 3.05) is 0 Å². The minimum Gasteiger partial charge on any atom is -0.326 e. The van der Waals surface area contributed by atoms with E-state index in [2.05, 4.69) is 6.92 Å². The number of hydrogen-bond donors (Lipinski definition) is 3. The summed E-state index contributed by atoms with van der Waals surface area (Å²) in [5, 5.41) is 0.